The van der Waals surface area contributed by atoms with Gasteiger partial charge < -0.3 is 9.84 Å². The van der Waals surface area contributed by atoms with E-state index in [2.05, 4.69) is 15.9 Å². The summed E-state index contributed by atoms with van der Waals surface area (Å²) in [5, 5.41) is 9.69. The van der Waals surface area contributed by atoms with Crippen molar-refractivity contribution in [2.75, 3.05) is 7.11 Å². The first-order valence-electron chi connectivity index (χ1n) is 4.26. The number of rotatable bonds is 1. The molecule has 0 spiro atoms. The van der Waals surface area contributed by atoms with Crippen LogP contribution in [0, 0.1) is 0 Å². The van der Waals surface area contributed by atoms with Crippen LogP contribution in [0.2, 0.25) is 0 Å². The van der Waals surface area contributed by atoms with Gasteiger partial charge in [-0.05, 0) is 30.5 Å². The zero-order valence-electron chi connectivity index (χ0n) is 7.38. The number of methoxy groups -OCH3 is 1. The molecule has 0 aliphatic heterocycles. The van der Waals surface area contributed by atoms with E-state index in [1.165, 1.54) is 5.56 Å². The van der Waals surface area contributed by atoms with Crippen molar-refractivity contribution in [1.29, 1.82) is 0 Å². The number of hydrogen-bond donors (Lipinski definition) is 1. The third-order valence-corrected chi connectivity index (χ3v) is 2.89. The van der Waals surface area contributed by atoms with Crippen LogP contribution in [-0.2, 0) is 6.42 Å². The maximum absolute atomic E-state index is 9.69. The second-order valence-electron chi connectivity index (χ2n) is 3.24. The first-order valence-corrected chi connectivity index (χ1v) is 5.06. The fourth-order valence-corrected chi connectivity index (χ4v) is 2.32. The fraction of sp³-hybridized carbons (Fsp3) is 0.400. The van der Waals surface area contributed by atoms with E-state index in [4.69, 9.17) is 4.74 Å². The Bertz CT molecular complexity index is 336. The van der Waals surface area contributed by atoms with Crippen LogP contribution in [0.4, 0.5) is 0 Å². The van der Waals surface area contributed by atoms with Gasteiger partial charge in [0.1, 0.15) is 5.75 Å². The van der Waals surface area contributed by atoms with Gasteiger partial charge in [0.2, 0.25) is 0 Å². The lowest BCUT2D eigenvalue weighted by Gasteiger charge is -2.10. The van der Waals surface area contributed by atoms with Crippen LogP contribution in [0.3, 0.4) is 0 Å². The van der Waals surface area contributed by atoms with Gasteiger partial charge in [0.25, 0.3) is 0 Å². The van der Waals surface area contributed by atoms with E-state index in [0.29, 0.717) is 0 Å². The predicted octanol–water partition coefficient (Wildman–Crippen LogP) is 2.44. The Morgan fingerprint density at radius 2 is 2.31 bits per heavy atom. The number of halogens is 1. The van der Waals surface area contributed by atoms with Crippen LogP contribution >= 0.6 is 15.9 Å². The SMILES string of the molecule is COc1cc(Br)cc2c1C(O)CC2. The topological polar surface area (TPSA) is 29.5 Å². The van der Waals surface area contributed by atoms with Gasteiger partial charge in [0, 0.05) is 10.0 Å². The molecule has 2 rings (SSSR count). The lowest BCUT2D eigenvalue weighted by Crippen LogP contribution is -1.95. The normalized spacial score (nSPS) is 20.1. The Morgan fingerprint density at radius 1 is 1.54 bits per heavy atom. The summed E-state index contributed by atoms with van der Waals surface area (Å²) in [6, 6.07) is 3.95. The maximum Gasteiger partial charge on any atom is 0.126 e. The van der Waals surface area contributed by atoms with E-state index in [1.807, 2.05) is 12.1 Å². The Balaban J connectivity index is 2.57. The lowest BCUT2D eigenvalue weighted by atomic mass is 10.1. The summed E-state index contributed by atoms with van der Waals surface area (Å²) in [4.78, 5) is 0. The molecule has 0 saturated carbocycles. The minimum absolute atomic E-state index is 0.349. The molecule has 3 heteroatoms. The molecule has 1 unspecified atom stereocenters. The van der Waals surface area contributed by atoms with Crippen LogP contribution in [0.1, 0.15) is 23.7 Å². The Morgan fingerprint density at radius 3 is 3.00 bits per heavy atom. The molecule has 0 saturated heterocycles. The van der Waals surface area contributed by atoms with Crippen molar-refractivity contribution in [2.45, 2.75) is 18.9 Å². The van der Waals surface area contributed by atoms with Crippen molar-refractivity contribution in [3.05, 3.63) is 27.7 Å². The van der Waals surface area contributed by atoms with E-state index in [0.717, 1.165) is 28.6 Å². The second-order valence-corrected chi connectivity index (χ2v) is 4.15. The summed E-state index contributed by atoms with van der Waals surface area (Å²) < 4.78 is 6.23. The van der Waals surface area contributed by atoms with Gasteiger partial charge in [-0.25, -0.2) is 0 Å². The molecule has 1 atom stereocenters. The first-order chi connectivity index (χ1) is 6.22. The molecule has 0 fully saturated rings. The largest absolute Gasteiger partial charge is 0.496 e. The van der Waals surface area contributed by atoms with Crippen LogP contribution in [0.15, 0.2) is 16.6 Å². The Kier molecular flexibility index (Phi) is 2.30. The number of aliphatic hydroxyl groups excluding tert-OH is 1. The summed E-state index contributed by atoms with van der Waals surface area (Å²) in [5.74, 6) is 0.786. The maximum atomic E-state index is 9.69. The summed E-state index contributed by atoms with van der Waals surface area (Å²) in [7, 11) is 1.63. The zero-order chi connectivity index (χ0) is 9.42. The Hall–Kier alpha value is -0.540. The molecule has 70 valence electrons. The Labute approximate surface area is 85.7 Å². The molecule has 1 N–H and O–H groups in total. The van der Waals surface area contributed by atoms with Crippen molar-refractivity contribution in [3.8, 4) is 5.75 Å². The van der Waals surface area contributed by atoms with Crippen LogP contribution in [-0.4, -0.2) is 12.2 Å². The standard InChI is InChI=1S/C10H11BrO2/c1-13-9-5-7(11)4-6-2-3-8(12)10(6)9/h4-5,8,12H,2-3H2,1H3. The second kappa shape index (κ2) is 3.31. The monoisotopic (exact) mass is 242 g/mol. The van der Waals surface area contributed by atoms with Crippen LogP contribution in [0.25, 0.3) is 0 Å². The molecule has 2 nitrogen and oxygen atoms in total. The molecule has 13 heavy (non-hydrogen) atoms. The number of fused-ring (bicyclic) bond motifs is 1. The van der Waals surface area contributed by atoms with E-state index >= 15 is 0 Å². The number of hydrogen-bond acceptors (Lipinski definition) is 2. The molecule has 0 amide bonds. The zero-order valence-corrected chi connectivity index (χ0v) is 8.97. The van der Waals surface area contributed by atoms with Gasteiger partial charge in [-0.2, -0.15) is 0 Å². The first kappa shape index (κ1) is 9.03. The van der Waals surface area contributed by atoms with Crippen molar-refractivity contribution in [2.24, 2.45) is 0 Å². The molecule has 0 bridgehead atoms. The highest BCUT2D eigenvalue weighted by Gasteiger charge is 2.24. The van der Waals surface area contributed by atoms with Gasteiger partial charge >= 0.3 is 0 Å². The van der Waals surface area contributed by atoms with Gasteiger partial charge in [-0.1, -0.05) is 15.9 Å². The molecule has 0 heterocycles. The predicted molar refractivity (Wildman–Crippen MR) is 54.0 cm³/mol. The molecule has 0 radical (unpaired) electrons. The average Bonchev–Trinajstić information content (AvgIpc) is 2.46. The summed E-state index contributed by atoms with van der Waals surface area (Å²) >= 11 is 3.41. The minimum atomic E-state index is -0.349. The third kappa shape index (κ3) is 1.46. The summed E-state index contributed by atoms with van der Waals surface area (Å²) in [5.41, 5.74) is 2.16. The fourth-order valence-electron chi connectivity index (χ4n) is 1.84. The van der Waals surface area contributed by atoms with Crippen LogP contribution < -0.4 is 4.74 Å². The highest BCUT2D eigenvalue weighted by atomic mass is 79.9. The van der Waals surface area contributed by atoms with Gasteiger partial charge in [-0.3, -0.25) is 0 Å². The number of benzene rings is 1. The van der Waals surface area contributed by atoms with E-state index < -0.39 is 0 Å². The molecule has 1 aliphatic carbocycles. The highest BCUT2D eigenvalue weighted by Crippen LogP contribution is 2.39. The van der Waals surface area contributed by atoms with E-state index in [-0.39, 0.29) is 6.10 Å². The van der Waals surface area contributed by atoms with Gasteiger partial charge in [0.15, 0.2) is 0 Å². The van der Waals surface area contributed by atoms with Crippen molar-refractivity contribution in [3.63, 3.8) is 0 Å². The molecule has 1 aromatic carbocycles. The minimum Gasteiger partial charge on any atom is -0.496 e. The van der Waals surface area contributed by atoms with Gasteiger partial charge in [0.05, 0.1) is 13.2 Å². The molecular weight excluding hydrogens is 232 g/mol. The highest BCUT2D eigenvalue weighted by molar-refractivity contribution is 9.10. The third-order valence-electron chi connectivity index (χ3n) is 2.43. The van der Waals surface area contributed by atoms with E-state index in [9.17, 15) is 5.11 Å². The summed E-state index contributed by atoms with van der Waals surface area (Å²) in [6.07, 6.45) is 1.40. The molecule has 1 aliphatic rings. The average molecular weight is 243 g/mol. The van der Waals surface area contributed by atoms with Crippen molar-refractivity contribution < 1.29 is 9.84 Å². The summed E-state index contributed by atoms with van der Waals surface area (Å²) in [6.45, 7) is 0. The number of aryl methyl sites for hydroxylation is 1. The van der Waals surface area contributed by atoms with E-state index in [1.54, 1.807) is 7.11 Å². The number of aliphatic hydroxyl groups is 1. The lowest BCUT2D eigenvalue weighted by molar-refractivity contribution is 0.176. The van der Waals surface area contributed by atoms with Crippen LogP contribution in [0.5, 0.6) is 5.75 Å². The number of ether oxygens (including phenoxy) is 1. The van der Waals surface area contributed by atoms with Crippen molar-refractivity contribution >= 4 is 15.9 Å². The molecule has 1 aromatic rings. The molecular formula is C10H11BrO2. The smallest absolute Gasteiger partial charge is 0.126 e. The quantitative estimate of drug-likeness (QED) is 0.820. The van der Waals surface area contributed by atoms with Gasteiger partial charge in [-0.15, -0.1) is 0 Å². The molecule has 0 aromatic heterocycles. The van der Waals surface area contributed by atoms with Crippen molar-refractivity contribution in [1.82, 2.24) is 0 Å².